The van der Waals surface area contributed by atoms with Gasteiger partial charge in [0, 0.05) is 38.1 Å². The third-order valence-corrected chi connectivity index (χ3v) is 4.23. The maximum atomic E-state index is 12.2. The average Bonchev–Trinajstić information content (AvgIpc) is 2.53. The molecule has 1 aromatic carbocycles. The molecule has 1 heterocycles. The monoisotopic (exact) mass is 319 g/mol. The van der Waals surface area contributed by atoms with Gasteiger partial charge in [0.05, 0.1) is 4.92 Å². The Morgan fingerprint density at radius 1 is 1.22 bits per heavy atom. The van der Waals surface area contributed by atoms with Crippen LogP contribution < -0.4 is 5.73 Å². The van der Waals surface area contributed by atoms with Gasteiger partial charge in [0.25, 0.3) is 5.69 Å². The highest BCUT2D eigenvalue weighted by atomic mass is 16.6. The fourth-order valence-corrected chi connectivity index (χ4v) is 2.86. The Labute approximate surface area is 134 Å². The third-order valence-electron chi connectivity index (χ3n) is 4.23. The number of nitrogens with zero attached hydrogens (tertiary/aromatic N) is 2. The van der Waals surface area contributed by atoms with E-state index in [0.29, 0.717) is 32.4 Å². The molecule has 0 unspecified atom stereocenters. The Bertz CT molecular complexity index is 577. The summed E-state index contributed by atoms with van der Waals surface area (Å²) in [6, 6.07) is 6.28. The molecule has 23 heavy (non-hydrogen) atoms. The van der Waals surface area contributed by atoms with Crippen molar-refractivity contribution in [2.75, 3.05) is 13.1 Å². The van der Waals surface area contributed by atoms with Crippen LogP contribution in [0.4, 0.5) is 5.69 Å². The lowest BCUT2D eigenvalue weighted by atomic mass is 9.93. The molecule has 2 rings (SSSR count). The second-order valence-electron chi connectivity index (χ2n) is 5.92. The van der Waals surface area contributed by atoms with Crippen molar-refractivity contribution < 1.29 is 14.5 Å². The number of piperidine rings is 1. The number of aryl methyl sites for hydroxylation is 1. The molecule has 0 spiro atoms. The number of nitrogens with two attached hydrogens (primary N) is 1. The number of nitro groups is 1. The molecule has 2 amide bonds. The summed E-state index contributed by atoms with van der Waals surface area (Å²) in [5, 5.41) is 10.6. The molecule has 0 bridgehead atoms. The van der Waals surface area contributed by atoms with Crippen LogP contribution in [0.25, 0.3) is 0 Å². The highest BCUT2D eigenvalue weighted by Crippen LogP contribution is 2.21. The van der Waals surface area contributed by atoms with Crippen LogP contribution in [0.5, 0.6) is 0 Å². The van der Waals surface area contributed by atoms with Gasteiger partial charge in [-0.15, -0.1) is 0 Å². The minimum absolute atomic E-state index is 0.0524. The number of likely N-dealkylation sites (tertiary alicyclic amines) is 1. The zero-order valence-electron chi connectivity index (χ0n) is 12.9. The molecular weight excluding hydrogens is 298 g/mol. The SMILES string of the molecule is NC(=O)CC1CCN(C(=O)CCc2ccc([N+](=O)[O-])cc2)CC1. The number of hydrogen-bond acceptors (Lipinski definition) is 4. The Morgan fingerprint density at radius 3 is 2.35 bits per heavy atom. The Kier molecular flexibility index (Phi) is 5.67. The van der Waals surface area contributed by atoms with Crippen LogP contribution in [0, 0.1) is 16.0 Å². The van der Waals surface area contributed by atoms with Crippen LogP contribution in [0.15, 0.2) is 24.3 Å². The zero-order valence-corrected chi connectivity index (χ0v) is 12.9. The predicted octanol–water partition coefficient (Wildman–Crippen LogP) is 1.64. The largest absolute Gasteiger partial charge is 0.370 e. The summed E-state index contributed by atoms with van der Waals surface area (Å²) in [5.74, 6) is 0.0834. The summed E-state index contributed by atoms with van der Waals surface area (Å²) < 4.78 is 0. The smallest absolute Gasteiger partial charge is 0.269 e. The summed E-state index contributed by atoms with van der Waals surface area (Å²) in [6.07, 6.45) is 2.97. The van der Waals surface area contributed by atoms with Gasteiger partial charge in [-0.05, 0) is 30.7 Å². The summed E-state index contributed by atoms with van der Waals surface area (Å²) >= 11 is 0. The maximum absolute atomic E-state index is 12.2. The van der Waals surface area contributed by atoms with E-state index in [2.05, 4.69) is 0 Å². The van der Waals surface area contributed by atoms with Crippen LogP contribution in [0.3, 0.4) is 0 Å². The molecule has 0 radical (unpaired) electrons. The van der Waals surface area contributed by atoms with Crippen LogP contribution in [0.2, 0.25) is 0 Å². The Hall–Kier alpha value is -2.44. The molecular formula is C16H21N3O4. The van der Waals surface area contributed by atoms with E-state index in [9.17, 15) is 19.7 Å². The minimum atomic E-state index is -0.439. The molecule has 7 nitrogen and oxygen atoms in total. The van der Waals surface area contributed by atoms with Gasteiger partial charge < -0.3 is 10.6 Å². The summed E-state index contributed by atoms with van der Waals surface area (Å²) in [6.45, 7) is 1.33. The standard InChI is InChI=1S/C16H21N3O4/c17-15(20)11-13-7-9-18(10-8-13)16(21)6-3-12-1-4-14(5-2-12)19(22)23/h1-2,4-5,13H,3,6-11H2,(H2,17,20). The van der Waals surface area contributed by atoms with Gasteiger partial charge in [0.1, 0.15) is 0 Å². The van der Waals surface area contributed by atoms with E-state index >= 15 is 0 Å². The first-order valence-electron chi connectivity index (χ1n) is 7.75. The van der Waals surface area contributed by atoms with Crippen molar-refractivity contribution in [3.63, 3.8) is 0 Å². The lowest BCUT2D eigenvalue weighted by Crippen LogP contribution is -2.39. The van der Waals surface area contributed by atoms with E-state index in [4.69, 9.17) is 5.73 Å². The van der Waals surface area contributed by atoms with Gasteiger partial charge in [-0.1, -0.05) is 12.1 Å². The molecule has 0 aliphatic carbocycles. The average molecular weight is 319 g/mol. The molecule has 7 heteroatoms. The van der Waals surface area contributed by atoms with Gasteiger partial charge in [-0.2, -0.15) is 0 Å². The molecule has 1 aromatic rings. The highest BCUT2D eigenvalue weighted by molar-refractivity contribution is 5.77. The number of amides is 2. The highest BCUT2D eigenvalue weighted by Gasteiger charge is 2.23. The van der Waals surface area contributed by atoms with Crippen LogP contribution in [0.1, 0.15) is 31.2 Å². The van der Waals surface area contributed by atoms with Gasteiger partial charge >= 0.3 is 0 Å². The van der Waals surface area contributed by atoms with Crippen LogP contribution >= 0.6 is 0 Å². The molecule has 0 aromatic heterocycles. The van der Waals surface area contributed by atoms with Crippen molar-refractivity contribution >= 4 is 17.5 Å². The first-order chi connectivity index (χ1) is 11.0. The zero-order chi connectivity index (χ0) is 16.8. The quantitative estimate of drug-likeness (QED) is 0.635. The van der Waals surface area contributed by atoms with E-state index < -0.39 is 4.92 Å². The van der Waals surface area contributed by atoms with Gasteiger partial charge in [0.15, 0.2) is 0 Å². The maximum Gasteiger partial charge on any atom is 0.269 e. The van der Waals surface area contributed by atoms with Crippen LogP contribution in [-0.2, 0) is 16.0 Å². The number of rotatable bonds is 6. The molecule has 0 atom stereocenters. The van der Waals surface area contributed by atoms with Crippen molar-refractivity contribution in [3.05, 3.63) is 39.9 Å². The second-order valence-corrected chi connectivity index (χ2v) is 5.92. The first-order valence-corrected chi connectivity index (χ1v) is 7.75. The fraction of sp³-hybridized carbons (Fsp3) is 0.500. The lowest BCUT2D eigenvalue weighted by Gasteiger charge is -2.31. The van der Waals surface area contributed by atoms with E-state index in [1.807, 2.05) is 4.90 Å². The fourth-order valence-electron chi connectivity index (χ4n) is 2.86. The summed E-state index contributed by atoms with van der Waals surface area (Å²) in [7, 11) is 0. The topological polar surface area (TPSA) is 107 Å². The van der Waals surface area contributed by atoms with E-state index in [1.165, 1.54) is 12.1 Å². The molecule has 124 valence electrons. The minimum Gasteiger partial charge on any atom is -0.370 e. The number of carbonyl (C=O) groups is 2. The van der Waals surface area contributed by atoms with E-state index in [0.717, 1.165) is 18.4 Å². The van der Waals surface area contributed by atoms with Crippen molar-refractivity contribution in [1.82, 2.24) is 4.90 Å². The van der Waals surface area contributed by atoms with Gasteiger partial charge in [0.2, 0.25) is 11.8 Å². The van der Waals surface area contributed by atoms with Crippen molar-refractivity contribution in [1.29, 1.82) is 0 Å². The van der Waals surface area contributed by atoms with Crippen LogP contribution in [-0.4, -0.2) is 34.7 Å². The molecule has 0 saturated carbocycles. The Balaban J connectivity index is 1.77. The second kappa shape index (κ2) is 7.71. The molecule has 1 aliphatic rings. The number of non-ortho nitro benzene ring substituents is 1. The molecule has 1 saturated heterocycles. The molecule has 1 aliphatic heterocycles. The number of primary amides is 1. The number of benzene rings is 1. The first kappa shape index (κ1) is 16.9. The normalized spacial score (nSPS) is 15.4. The molecule has 2 N–H and O–H groups in total. The van der Waals surface area contributed by atoms with Crippen molar-refractivity contribution in [3.8, 4) is 0 Å². The van der Waals surface area contributed by atoms with Gasteiger partial charge in [-0.3, -0.25) is 19.7 Å². The molecule has 1 fully saturated rings. The van der Waals surface area contributed by atoms with Crippen molar-refractivity contribution in [2.24, 2.45) is 11.7 Å². The summed E-state index contributed by atoms with van der Waals surface area (Å²) in [4.78, 5) is 35.1. The summed E-state index contributed by atoms with van der Waals surface area (Å²) in [5.41, 5.74) is 6.16. The number of hydrogen-bond donors (Lipinski definition) is 1. The number of carbonyl (C=O) groups excluding carboxylic acids is 2. The Morgan fingerprint density at radius 2 is 1.83 bits per heavy atom. The third kappa shape index (κ3) is 5.05. The predicted molar refractivity (Wildman–Crippen MR) is 84.5 cm³/mol. The van der Waals surface area contributed by atoms with Gasteiger partial charge in [-0.25, -0.2) is 0 Å². The van der Waals surface area contributed by atoms with E-state index in [1.54, 1.807) is 12.1 Å². The number of nitro benzene ring substituents is 1. The van der Waals surface area contributed by atoms with Crippen molar-refractivity contribution in [2.45, 2.75) is 32.1 Å². The lowest BCUT2D eigenvalue weighted by molar-refractivity contribution is -0.384. The van der Waals surface area contributed by atoms with E-state index in [-0.39, 0.29) is 23.4 Å².